The molecule has 2 aliphatic heterocycles. The maximum Gasteiger partial charge on any atom is 0.303 e. The third-order valence-electron chi connectivity index (χ3n) is 4.24. The molecule has 0 aromatic rings. The first-order chi connectivity index (χ1) is 9.16. The smallest absolute Gasteiger partial charge is 0.303 e. The van der Waals surface area contributed by atoms with Gasteiger partial charge in [-0.2, -0.15) is 0 Å². The zero-order valence-electron chi connectivity index (χ0n) is 11.5. The summed E-state index contributed by atoms with van der Waals surface area (Å²) < 4.78 is 0. The molecule has 1 N–H and O–H groups in total. The minimum Gasteiger partial charge on any atom is -0.481 e. The molecule has 2 heterocycles. The van der Waals surface area contributed by atoms with Crippen LogP contribution < -0.4 is 0 Å². The number of likely N-dealkylation sites (tertiary alicyclic amines) is 2. The Bertz CT molecular complexity index is 327. The van der Waals surface area contributed by atoms with Crippen LogP contribution in [-0.2, 0) is 9.59 Å². The van der Waals surface area contributed by atoms with Gasteiger partial charge in [-0.25, -0.2) is 0 Å². The van der Waals surface area contributed by atoms with Crippen molar-refractivity contribution in [3.63, 3.8) is 0 Å². The van der Waals surface area contributed by atoms with Gasteiger partial charge in [0.15, 0.2) is 0 Å². The van der Waals surface area contributed by atoms with Gasteiger partial charge in [0.05, 0.1) is 6.54 Å². The second kappa shape index (κ2) is 6.89. The van der Waals surface area contributed by atoms with Crippen LogP contribution in [-0.4, -0.2) is 59.0 Å². The minimum absolute atomic E-state index is 0.207. The first kappa shape index (κ1) is 14.3. The van der Waals surface area contributed by atoms with Crippen LogP contribution in [0.5, 0.6) is 0 Å². The Morgan fingerprint density at radius 1 is 1.05 bits per heavy atom. The molecule has 2 saturated heterocycles. The molecule has 108 valence electrons. The highest BCUT2D eigenvalue weighted by Crippen LogP contribution is 2.21. The molecule has 0 bridgehead atoms. The molecular weight excluding hydrogens is 244 g/mol. The average Bonchev–Trinajstić information content (AvgIpc) is 2.91. The van der Waals surface area contributed by atoms with Gasteiger partial charge in [-0.05, 0) is 38.6 Å². The van der Waals surface area contributed by atoms with Gasteiger partial charge < -0.3 is 10.0 Å². The van der Waals surface area contributed by atoms with Gasteiger partial charge in [-0.1, -0.05) is 6.42 Å². The van der Waals surface area contributed by atoms with Gasteiger partial charge in [0.25, 0.3) is 0 Å². The minimum atomic E-state index is -0.739. The van der Waals surface area contributed by atoms with E-state index in [1.165, 1.54) is 0 Å². The van der Waals surface area contributed by atoms with Crippen molar-refractivity contribution in [3.05, 3.63) is 0 Å². The summed E-state index contributed by atoms with van der Waals surface area (Å²) in [5, 5.41) is 8.79. The maximum absolute atomic E-state index is 12.2. The molecule has 0 radical (unpaired) electrons. The fourth-order valence-corrected chi connectivity index (χ4v) is 3.13. The summed E-state index contributed by atoms with van der Waals surface area (Å²) in [6.45, 7) is 3.20. The molecule has 0 aromatic heterocycles. The van der Waals surface area contributed by atoms with Crippen LogP contribution in [0.25, 0.3) is 0 Å². The van der Waals surface area contributed by atoms with Crippen LogP contribution in [0.15, 0.2) is 0 Å². The first-order valence-electron chi connectivity index (χ1n) is 7.40. The van der Waals surface area contributed by atoms with E-state index in [4.69, 9.17) is 5.11 Å². The van der Waals surface area contributed by atoms with E-state index in [0.29, 0.717) is 13.0 Å². The van der Waals surface area contributed by atoms with E-state index in [1.54, 1.807) is 0 Å². The lowest BCUT2D eigenvalue weighted by Gasteiger charge is -2.35. The van der Waals surface area contributed by atoms with Crippen LogP contribution in [0.3, 0.4) is 0 Å². The number of hydrogen-bond donors (Lipinski definition) is 1. The van der Waals surface area contributed by atoms with Gasteiger partial charge in [0.1, 0.15) is 0 Å². The molecule has 0 spiro atoms. The van der Waals surface area contributed by atoms with E-state index in [2.05, 4.69) is 4.90 Å². The predicted molar refractivity (Wildman–Crippen MR) is 71.9 cm³/mol. The number of piperidine rings is 1. The van der Waals surface area contributed by atoms with Crippen LogP contribution >= 0.6 is 0 Å². The second-order valence-corrected chi connectivity index (χ2v) is 5.64. The number of nitrogens with zero attached hydrogens (tertiary/aromatic N) is 2. The summed E-state index contributed by atoms with van der Waals surface area (Å²) in [4.78, 5) is 27.0. The molecule has 0 saturated carbocycles. The highest BCUT2D eigenvalue weighted by atomic mass is 16.4. The van der Waals surface area contributed by atoms with Gasteiger partial charge in [-0.15, -0.1) is 0 Å². The van der Waals surface area contributed by atoms with Crippen molar-refractivity contribution >= 4 is 11.9 Å². The number of carbonyl (C=O) groups excluding carboxylic acids is 1. The maximum atomic E-state index is 12.2. The number of carboxylic acid groups (broad SMARTS) is 1. The summed E-state index contributed by atoms with van der Waals surface area (Å²) in [5.41, 5.74) is 0. The van der Waals surface area contributed by atoms with Gasteiger partial charge in [0, 0.05) is 25.6 Å². The van der Waals surface area contributed by atoms with Gasteiger partial charge in [0.2, 0.25) is 5.91 Å². The van der Waals surface area contributed by atoms with Crippen molar-refractivity contribution in [2.75, 3.05) is 26.2 Å². The summed E-state index contributed by atoms with van der Waals surface area (Å²) in [6.07, 6.45) is 6.42. The van der Waals surface area contributed by atoms with E-state index in [-0.39, 0.29) is 18.4 Å². The monoisotopic (exact) mass is 268 g/mol. The van der Waals surface area contributed by atoms with Crippen molar-refractivity contribution < 1.29 is 14.7 Å². The van der Waals surface area contributed by atoms with E-state index in [1.807, 2.05) is 4.90 Å². The van der Waals surface area contributed by atoms with Crippen molar-refractivity contribution in [1.82, 2.24) is 9.80 Å². The number of amides is 1. The first-order valence-corrected chi connectivity index (χ1v) is 7.40. The lowest BCUT2D eigenvalue weighted by molar-refractivity contribution is -0.137. The van der Waals surface area contributed by atoms with Crippen molar-refractivity contribution in [2.24, 2.45) is 0 Å². The van der Waals surface area contributed by atoms with E-state index >= 15 is 0 Å². The predicted octanol–water partition coefficient (Wildman–Crippen LogP) is 1.33. The molecule has 1 amide bonds. The van der Waals surface area contributed by atoms with Gasteiger partial charge in [-0.3, -0.25) is 14.5 Å². The number of hydrogen-bond acceptors (Lipinski definition) is 3. The van der Waals surface area contributed by atoms with E-state index in [0.717, 1.165) is 51.7 Å². The fourth-order valence-electron chi connectivity index (χ4n) is 3.13. The standard InChI is InChI=1S/C14H24N2O3/c17-13(15-8-3-4-9-15)11-16-10-2-1-5-12(16)6-7-14(18)19/h12H,1-11H2,(H,18,19). The Balaban J connectivity index is 1.84. The Hall–Kier alpha value is -1.10. The normalized spacial score (nSPS) is 24.6. The molecule has 2 fully saturated rings. The summed E-state index contributed by atoms with van der Waals surface area (Å²) in [6, 6.07) is 0.274. The quantitative estimate of drug-likeness (QED) is 0.817. The van der Waals surface area contributed by atoms with Crippen molar-refractivity contribution in [2.45, 2.75) is 51.0 Å². The van der Waals surface area contributed by atoms with Gasteiger partial charge >= 0.3 is 5.97 Å². The Morgan fingerprint density at radius 2 is 1.74 bits per heavy atom. The second-order valence-electron chi connectivity index (χ2n) is 5.64. The lowest BCUT2D eigenvalue weighted by Crippen LogP contribution is -2.46. The van der Waals surface area contributed by atoms with Crippen LogP contribution in [0.1, 0.15) is 44.9 Å². The van der Waals surface area contributed by atoms with Crippen LogP contribution in [0.2, 0.25) is 0 Å². The highest BCUT2D eigenvalue weighted by Gasteiger charge is 2.27. The molecule has 19 heavy (non-hydrogen) atoms. The van der Waals surface area contributed by atoms with Crippen LogP contribution in [0, 0.1) is 0 Å². The third kappa shape index (κ3) is 4.20. The Kier molecular flexibility index (Phi) is 5.19. The summed E-state index contributed by atoms with van der Waals surface area (Å²) in [5.74, 6) is -0.517. The molecule has 1 atom stereocenters. The molecule has 1 unspecified atom stereocenters. The zero-order valence-corrected chi connectivity index (χ0v) is 11.5. The molecule has 2 aliphatic rings. The number of aliphatic carboxylic acids is 1. The molecule has 0 aromatic carbocycles. The van der Waals surface area contributed by atoms with E-state index < -0.39 is 5.97 Å². The lowest BCUT2D eigenvalue weighted by atomic mass is 9.98. The molecule has 0 aliphatic carbocycles. The molecule has 2 rings (SSSR count). The number of rotatable bonds is 5. The zero-order chi connectivity index (χ0) is 13.7. The summed E-state index contributed by atoms with van der Waals surface area (Å²) in [7, 11) is 0. The molecule has 5 nitrogen and oxygen atoms in total. The van der Waals surface area contributed by atoms with Crippen LogP contribution in [0.4, 0.5) is 0 Å². The molecule has 5 heteroatoms. The average molecular weight is 268 g/mol. The topological polar surface area (TPSA) is 60.9 Å². The number of carboxylic acids is 1. The molecular formula is C14H24N2O3. The Morgan fingerprint density at radius 3 is 2.42 bits per heavy atom. The largest absolute Gasteiger partial charge is 0.481 e. The van der Waals surface area contributed by atoms with E-state index in [9.17, 15) is 9.59 Å². The third-order valence-corrected chi connectivity index (χ3v) is 4.24. The number of carbonyl (C=O) groups is 2. The summed E-state index contributed by atoms with van der Waals surface area (Å²) >= 11 is 0. The SMILES string of the molecule is O=C(O)CCC1CCCCN1CC(=O)N1CCCC1. The van der Waals surface area contributed by atoms with Crippen molar-refractivity contribution in [3.8, 4) is 0 Å². The van der Waals surface area contributed by atoms with Crippen molar-refractivity contribution in [1.29, 1.82) is 0 Å². The highest BCUT2D eigenvalue weighted by molar-refractivity contribution is 5.78. The Labute approximate surface area is 114 Å². The fraction of sp³-hybridized carbons (Fsp3) is 0.857.